The summed E-state index contributed by atoms with van der Waals surface area (Å²) in [5, 5.41) is 2.50. The summed E-state index contributed by atoms with van der Waals surface area (Å²) in [4.78, 5) is 4.16. The van der Waals surface area contributed by atoms with Gasteiger partial charge in [0.1, 0.15) is 0 Å². The van der Waals surface area contributed by atoms with E-state index in [-0.39, 0.29) is 11.6 Å². The van der Waals surface area contributed by atoms with E-state index in [0.29, 0.717) is 5.13 Å². The standard InChI is InChI=1S/C12H13FN2OS/c1-16-11-5-3-8(6-10(11)13)2-4-9-7-17-12(14)15-9/h3,5-7H,2,4H2,1H3,(H2,14,15). The quantitative estimate of drug-likeness (QED) is 0.910. The molecule has 2 aromatic rings. The second kappa shape index (κ2) is 5.14. The van der Waals surface area contributed by atoms with E-state index in [4.69, 9.17) is 10.5 Å². The number of anilines is 1. The van der Waals surface area contributed by atoms with Gasteiger partial charge in [-0.3, -0.25) is 0 Å². The van der Waals surface area contributed by atoms with Crippen LogP contribution in [0, 0.1) is 5.82 Å². The first-order valence-electron chi connectivity index (χ1n) is 5.21. The van der Waals surface area contributed by atoms with Crippen LogP contribution in [-0.2, 0) is 12.8 Å². The summed E-state index contributed by atoms with van der Waals surface area (Å²) in [6, 6.07) is 4.99. The number of thiazole rings is 1. The Bertz CT molecular complexity index is 513. The van der Waals surface area contributed by atoms with Crippen molar-refractivity contribution in [3.05, 3.63) is 40.7 Å². The molecule has 2 N–H and O–H groups in total. The third kappa shape index (κ3) is 2.94. The Morgan fingerprint density at radius 3 is 2.82 bits per heavy atom. The average molecular weight is 252 g/mol. The molecule has 17 heavy (non-hydrogen) atoms. The molecule has 1 aromatic carbocycles. The van der Waals surface area contributed by atoms with Crippen LogP contribution in [0.1, 0.15) is 11.3 Å². The minimum atomic E-state index is -0.331. The van der Waals surface area contributed by atoms with E-state index < -0.39 is 0 Å². The molecule has 0 unspecified atom stereocenters. The number of nitrogens with two attached hydrogens (primary N) is 1. The van der Waals surface area contributed by atoms with Crippen LogP contribution < -0.4 is 10.5 Å². The third-order valence-corrected chi connectivity index (χ3v) is 3.18. The van der Waals surface area contributed by atoms with Crippen molar-refractivity contribution < 1.29 is 9.13 Å². The van der Waals surface area contributed by atoms with Crippen LogP contribution in [0.5, 0.6) is 5.75 Å². The molecule has 0 saturated heterocycles. The van der Waals surface area contributed by atoms with Crippen LogP contribution in [0.15, 0.2) is 23.6 Å². The SMILES string of the molecule is COc1ccc(CCc2csc(N)n2)cc1F. The molecule has 0 aliphatic heterocycles. The first-order valence-corrected chi connectivity index (χ1v) is 6.09. The Hall–Kier alpha value is -1.62. The summed E-state index contributed by atoms with van der Waals surface area (Å²) in [6.07, 6.45) is 1.50. The average Bonchev–Trinajstić information content (AvgIpc) is 2.73. The van der Waals surface area contributed by atoms with E-state index in [1.165, 1.54) is 24.5 Å². The van der Waals surface area contributed by atoms with Crippen LogP contribution in [0.4, 0.5) is 9.52 Å². The van der Waals surface area contributed by atoms with Crippen molar-refractivity contribution in [1.82, 2.24) is 4.98 Å². The van der Waals surface area contributed by atoms with E-state index in [1.807, 2.05) is 11.4 Å². The van der Waals surface area contributed by atoms with Crippen molar-refractivity contribution in [2.24, 2.45) is 0 Å². The Kier molecular flexibility index (Phi) is 3.58. The van der Waals surface area contributed by atoms with Gasteiger partial charge in [-0.05, 0) is 30.5 Å². The molecule has 0 fully saturated rings. The Balaban J connectivity index is 2.02. The summed E-state index contributed by atoms with van der Waals surface area (Å²) in [5.74, 6) is -0.0607. The zero-order valence-corrected chi connectivity index (χ0v) is 10.3. The number of hydrogen-bond donors (Lipinski definition) is 1. The molecule has 0 atom stereocenters. The summed E-state index contributed by atoms with van der Waals surface area (Å²) < 4.78 is 18.3. The van der Waals surface area contributed by atoms with E-state index in [2.05, 4.69) is 4.98 Å². The molecule has 0 amide bonds. The molecule has 0 aliphatic rings. The van der Waals surface area contributed by atoms with Gasteiger partial charge in [0.15, 0.2) is 16.7 Å². The highest BCUT2D eigenvalue weighted by molar-refractivity contribution is 7.13. The Morgan fingerprint density at radius 2 is 2.24 bits per heavy atom. The first kappa shape index (κ1) is 11.9. The van der Waals surface area contributed by atoms with Gasteiger partial charge in [-0.15, -0.1) is 11.3 Å². The number of ether oxygens (including phenoxy) is 1. The lowest BCUT2D eigenvalue weighted by atomic mass is 10.1. The van der Waals surface area contributed by atoms with Crippen LogP contribution in [0.25, 0.3) is 0 Å². The predicted octanol–water partition coefficient (Wildman–Crippen LogP) is 2.66. The molecular weight excluding hydrogens is 239 g/mol. The number of nitrogen functional groups attached to an aromatic ring is 1. The van der Waals surface area contributed by atoms with Gasteiger partial charge >= 0.3 is 0 Å². The fourth-order valence-corrected chi connectivity index (χ4v) is 2.17. The largest absolute Gasteiger partial charge is 0.494 e. The van der Waals surface area contributed by atoms with Gasteiger partial charge in [0, 0.05) is 5.38 Å². The maximum atomic E-state index is 13.4. The number of benzene rings is 1. The van der Waals surface area contributed by atoms with Crippen LogP contribution in [-0.4, -0.2) is 12.1 Å². The van der Waals surface area contributed by atoms with Gasteiger partial charge in [-0.25, -0.2) is 9.37 Å². The van der Waals surface area contributed by atoms with Gasteiger partial charge in [-0.1, -0.05) is 6.07 Å². The summed E-state index contributed by atoms with van der Waals surface area (Å²) in [6.45, 7) is 0. The number of halogens is 1. The fraction of sp³-hybridized carbons (Fsp3) is 0.250. The minimum absolute atomic E-state index is 0.270. The normalized spacial score (nSPS) is 10.5. The van der Waals surface area contributed by atoms with Gasteiger partial charge in [-0.2, -0.15) is 0 Å². The van der Waals surface area contributed by atoms with Crippen molar-refractivity contribution in [1.29, 1.82) is 0 Å². The molecule has 2 rings (SSSR count). The maximum Gasteiger partial charge on any atom is 0.180 e. The molecular formula is C12H13FN2OS. The summed E-state index contributed by atoms with van der Waals surface area (Å²) in [5.41, 5.74) is 7.41. The monoisotopic (exact) mass is 252 g/mol. The highest BCUT2D eigenvalue weighted by atomic mass is 32.1. The lowest BCUT2D eigenvalue weighted by Gasteiger charge is -2.04. The lowest BCUT2D eigenvalue weighted by Crippen LogP contribution is -1.95. The lowest BCUT2D eigenvalue weighted by molar-refractivity contribution is 0.386. The highest BCUT2D eigenvalue weighted by Gasteiger charge is 2.05. The van der Waals surface area contributed by atoms with Gasteiger partial charge in [0.05, 0.1) is 12.8 Å². The molecule has 0 aliphatic carbocycles. The van der Waals surface area contributed by atoms with Crippen LogP contribution >= 0.6 is 11.3 Å². The van der Waals surface area contributed by atoms with Crippen molar-refractivity contribution in [2.75, 3.05) is 12.8 Å². The van der Waals surface area contributed by atoms with E-state index in [9.17, 15) is 4.39 Å². The molecule has 0 radical (unpaired) electrons. The summed E-state index contributed by atoms with van der Waals surface area (Å²) in [7, 11) is 1.45. The second-order valence-corrected chi connectivity index (χ2v) is 4.54. The van der Waals surface area contributed by atoms with E-state index in [1.54, 1.807) is 6.07 Å². The zero-order chi connectivity index (χ0) is 12.3. The third-order valence-electron chi connectivity index (χ3n) is 2.46. The smallest absolute Gasteiger partial charge is 0.180 e. The zero-order valence-electron chi connectivity index (χ0n) is 9.44. The molecule has 3 nitrogen and oxygen atoms in total. The molecule has 1 heterocycles. The molecule has 5 heteroatoms. The maximum absolute atomic E-state index is 13.4. The molecule has 1 aromatic heterocycles. The minimum Gasteiger partial charge on any atom is -0.494 e. The van der Waals surface area contributed by atoms with Crippen molar-refractivity contribution in [2.45, 2.75) is 12.8 Å². The van der Waals surface area contributed by atoms with Gasteiger partial charge in [0.25, 0.3) is 0 Å². The Labute approximate surface area is 103 Å². The topological polar surface area (TPSA) is 48.1 Å². The number of nitrogens with zero attached hydrogens (tertiary/aromatic N) is 1. The van der Waals surface area contributed by atoms with Gasteiger partial charge < -0.3 is 10.5 Å². The van der Waals surface area contributed by atoms with Crippen molar-refractivity contribution in [3.63, 3.8) is 0 Å². The Morgan fingerprint density at radius 1 is 1.41 bits per heavy atom. The van der Waals surface area contributed by atoms with Crippen molar-refractivity contribution >= 4 is 16.5 Å². The fourth-order valence-electron chi connectivity index (χ4n) is 1.58. The second-order valence-electron chi connectivity index (χ2n) is 3.65. The number of rotatable bonds is 4. The first-order chi connectivity index (χ1) is 8.19. The van der Waals surface area contributed by atoms with Crippen molar-refractivity contribution in [3.8, 4) is 5.75 Å². The number of aryl methyl sites for hydroxylation is 2. The molecule has 90 valence electrons. The predicted molar refractivity (Wildman–Crippen MR) is 66.9 cm³/mol. The van der Waals surface area contributed by atoms with Crippen LogP contribution in [0.3, 0.4) is 0 Å². The van der Waals surface area contributed by atoms with Gasteiger partial charge in [0.2, 0.25) is 0 Å². The number of aromatic nitrogens is 1. The number of hydrogen-bond acceptors (Lipinski definition) is 4. The van der Waals surface area contributed by atoms with E-state index in [0.717, 1.165) is 24.1 Å². The highest BCUT2D eigenvalue weighted by Crippen LogP contribution is 2.19. The van der Waals surface area contributed by atoms with E-state index >= 15 is 0 Å². The van der Waals surface area contributed by atoms with Crippen LogP contribution in [0.2, 0.25) is 0 Å². The molecule has 0 saturated carbocycles. The number of methoxy groups -OCH3 is 1. The molecule has 0 bridgehead atoms. The molecule has 0 spiro atoms. The summed E-state index contributed by atoms with van der Waals surface area (Å²) >= 11 is 1.42.